The maximum absolute atomic E-state index is 5.51. The van der Waals surface area contributed by atoms with E-state index in [1.165, 1.54) is 0 Å². The highest BCUT2D eigenvalue weighted by molar-refractivity contribution is 5.60. The van der Waals surface area contributed by atoms with Gasteiger partial charge in [-0.1, -0.05) is 37.3 Å². The van der Waals surface area contributed by atoms with Gasteiger partial charge in [-0.15, -0.1) is 0 Å². The fourth-order valence-corrected chi connectivity index (χ4v) is 1.47. The van der Waals surface area contributed by atoms with Crippen LogP contribution in [0.4, 0.5) is 0 Å². The van der Waals surface area contributed by atoms with E-state index >= 15 is 0 Å². The normalized spacial score (nSPS) is 10.4. The van der Waals surface area contributed by atoms with Gasteiger partial charge in [0.1, 0.15) is 11.5 Å². The van der Waals surface area contributed by atoms with Crippen LogP contribution in [0.25, 0.3) is 11.3 Å². The molecule has 0 spiro atoms. The second-order valence-corrected chi connectivity index (χ2v) is 3.23. The second kappa shape index (κ2) is 3.66. The number of rotatable bonds is 2. The van der Waals surface area contributed by atoms with Gasteiger partial charge in [0, 0.05) is 12.0 Å². The van der Waals surface area contributed by atoms with Crippen molar-refractivity contribution in [3.05, 3.63) is 42.0 Å². The van der Waals surface area contributed by atoms with Crippen molar-refractivity contribution < 1.29 is 4.42 Å². The van der Waals surface area contributed by atoms with Gasteiger partial charge in [0.05, 0.1) is 0 Å². The number of hydrogen-bond donors (Lipinski definition) is 0. The van der Waals surface area contributed by atoms with Crippen molar-refractivity contribution in [3.63, 3.8) is 0 Å². The molecule has 0 atom stereocenters. The van der Waals surface area contributed by atoms with Crippen LogP contribution >= 0.6 is 0 Å². The maximum Gasteiger partial charge on any atom is 0.194 e. The van der Waals surface area contributed by atoms with Crippen LogP contribution < -0.4 is 0 Å². The van der Waals surface area contributed by atoms with Crippen LogP contribution in [-0.4, -0.2) is 4.98 Å². The zero-order chi connectivity index (χ0) is 9.97. The molecule has 2 heteroatoms. The zero-order valence-corrected chi connectivity index (χ0v) is 8.45. The predicted octanol–water partition coefficient (Wildman–Crippen LogP) is 3.21. The van der Waals surface area contributed by atoms with Gasteiger partial charge in [0.25, 0.3) is 0 Å². The lowest BCUT2D eigenvalue weighted by Crippen LogP contribution is -1.81. The molecule has 2 aromatic rings. The third-order valence-electron chi connectivity index (χ3n) is 2.19. The molecule has 0 saturated carbocycles. The summed E-state index contributed by atoms with van der Waals surface area (Å²) in [5.74, 6) is 1.70. The third kappa shape index (κ3) is 1.55. The second-order valence-electron chi connectivity index (χ2n) is 3.23. The topological polar surface area (TPSA) is 26.0 Å². The molecule has 0 aliphatic rings. The Labute approximate surface area is 83.6 Å². The van der Waals surface area contributed by atoms with Crippen molar-refractivity contribution in [2.45, 2.75) is 20.3 Å². The van der Waals surface area contributed by atoms with E-state index in [0.29, 0.717) is 0 Å². The average molecular weight is 187 g/mol. The molecule has 1 aromatic carbocycles. The Hall–Kier alpha value is -1.57. The van der Waals surface area contributed by atoms with Gasteiger partial charge in [-0.05, 0) is 6.92 Å². The smallest absolute Gasteiger partial charge is 0.194 e. The molecule has 0 radical (unpaired) electrons. The zero-order valence-electron chi connectivity index (χ0n) is 8.45. The van der Waals surface area contributed by atoms with Gasteiger partial charge in [-0.2, -0.15) is 0 Å². The summed E-state index contributed by atoms with van der Waals surface area (Å²) in [4.78, 5) is 4.43. The maximum atomic E-state index is 5.51. The molecule has 0 aliphatic carbocycles. The molecule has 0 aliphatic heterocycles. The molecule has 2 nitrogen and oxygen atoms in total. The highest BCUT2D eigenvalue weighted by Crippen LogP contribution is 2.22. The fourth-order valence-electron chi connectivity index (χ4n) is 1.47. The largest absolute Gasteiger partial charge is 0.445 e. The first-order valence-corrected chi connectivity index (χ1v) is 4.83. The first kappa shape index (κ1) is 9.00. The van der Waals surface area contributed by atoms with Gasteiger partial charge >= 0.3 is 0 Å². The highest BCUT2D eigenvalue weighted by Gasteiger charge is 2.09. The summed E-state index contributed by atoms with van der Waals surface area (Å²) in [5, 5.41) is 0. The molecule has 0 unspecified atom stereocenters. The van der Waals surface area contributed by atoms with Crippen LogP contribution in [0.3, 0.4) is 0 Å². The van der Waals surface area contributed by atoms with Crippen LogP contribution in [-0.2, 0) is 6.42 Å². The van der Waals surface area contributed by atoms with Crippen LogP contribution in [0.5, 0.6) is 0 Å². The van der Waals surface area contributed by atoms with E-state index in [4.69, 9.17) is 4.42 Å². The van der Waals surface area contributed by atoms with E-state index in [2.05, 4.69) is 4.98 Å². The van der Waals surface area contributed by atoms with E-state index in [-0.39, 0.29) is 0 Å². The van der Waals surface area contributed by atoms with Gasteiger partial charge in [0.2, 0.25) is 0 Å². The summed E-state index contributed by atoms with van der Waals surface area (Å²) < 4.78 is 5.51. The van der Waals surface area contributed by atoms with E-state index in [0.717, 1.165) is 29.3 Å². The van der Waals surface area contributed by atoms with Crippen molar-refractivity contribution in [2.24, 2.45) is 0 Å². The minimum atomic E-state index is 0.807. The van der Waals surface area contributed by atoms with Gasteiger partial charge < -0.3 is 4.42 Å². The van der Waals surface area contributed by atoms with Crippen LogP contribution in [0.15, 0.2) is 34.7 Å². The Morgan fingerprint density at radius 2 is 1.93 bits per heavy atom. The van der Waals surface area contributed by atoms with Crippen molar-refractivity contribution >= 4 is 0 Å². The molecule has 0 bridgehead atoms. The first-order chi connectivity index (χ1) is 6.81. The predicted molar refractivity (Wildman–Crippen MR) is 56.1 cm³/mol. The Balaban J connectivity index is 2.46. The lowest BCUT2D eigenvalue weighted by molar-refractivity contribution is 0.477. The summed E-state index contributed by atoms with van der Waals surface area (Å²) in [6.07, 6.45) is 0.841. The summed E-state index contributed by atoms with van der Waals surface area (Å²) in [6.45, 7) is 3.99. The van der Waals surface area contributed by atoms with E-state index in [1.807, 2.05) is 44.2 Å². The molecule has 1 aromatic heterocycles. The lowest BCUT2D eigenvalue weighted by atomic mass is 10.1. The van der Waals surface area contributed by atoms with Crippen LogP contribution in [0, 0.1) is 6.92 Å². The van der Waals surface area contributed by atoms with E-state index in [1.54, 1.807) is 0 Å². The molecule has 0 fully saturated rings. The van der Waals surface area contributed by atoms with Crippen molar-refractivity contribution in [1.82, 2.24) is 4.98 Å². The monoisotopic (exact) mass is 187 g/mol. The Morgan fingerprint density at radius 3 is 2.50 bits per heavy atom. The number of oxazole rings is 1. The molecule has 0 saturated heterocycles. The molecule has 1 heterocycles. The number of hydrogen-bond acceptors (Lipinski definition) is 2. The van der Waals surface area contributed by atoms with Crippen LogP contribution in [0.2, 0.25) is 0 Å². The first-order valence-electron chi connectivity index (χ1n) is 4.83. The number of aryl methyl sites for hydroxylation is 2. The number of nitrogens with zero attached hydrogens (tertiary/aromatic N) is 1. The molecular formula is C12H13NO. The Bertz CT molecular complexity index is 417. The molecule has 72 valence electrons. The number of aromatic nitrogens is 1. The Kier molecular flexibility index (Phi) is 2.35. The van der Waals surface area contributed by atoms with E-state index in [9.17, 15) is 0 Å². The van der Waals surface area contributed by atoms with Gasteiger partial charge in [-0.25, -0.2) is 4.98 Å². The minimum absolute atomic E-state index is 0.807. The summed E-state index contributed by atoms with van der Waals surface area (Å²) in [5.41, 5.74) is 2.08. The standard InChI is InChI=1S/C12H13NO/c1-3-11-13-12(9(2)14-11)10-7-5-4-6-8-10/h4-8H,3H2,1-2H3. The average Bonchev–Trinajstić information content (AvgIpc) is 2.61. The van der Waals surface area contributed by atoms with E-state index < -0.39 is 0 Å². The van der Waals surface area contributed by atoms with Crippen molar-refractivity contribution in [3.8, 4) is 11.3 Å². The summed E-state index contributed by atoms with van der Waals surface area (Å²) in [6, 6.07) is 10.1. The molecule has 2 rings (SSSR count). The summed E-state index contributed by atoms with van der Waals surface area (Å²) >= 11 is 0. The lowest BCUT2D eigenvalue weighted by Gasteiger charge is -1.94. The SMILES string of the molecule is CCc1nc(-c2ccccc2)c(C)o1. The van der Waals surface area contributed by atoms with Crippen molar-refractivity contribution in [2.75, 3.05) is 0 Å². The highest BCUT2D eigenvalue weighted by atomic mass is 16.4. The summed E-state index contributed by atoms with van der Waals surface area (Å²) in [7, 11) is 0. The minimum Gasteiger partial charge on any atom is -0.445 e. The van der Waals surface area contributed by atoms with Crippen molar-refractivity contribution in [1.29, 1.82) is 0 Å². The van der Waals surface area contributed by atoms with Gasteiger partial charge in [-0.3, -0.25) is 0 Å². The third-order valence-corrected chi connectivity index (χ3v) is 2.19. The fraction of sp³-hybridized carbons (Fsp3) is 0.250. The molecule has 14 heavy (non-hydrogen) atoms. The van der Waals surface area contributed by atoms with Gasteiger partial charge in [0.15, 0.2) is 5.89 Å². The number of benzene rings is 1. The molecule has 0 N–H and O–H groups in total. The Morgan fingerprint density at radius 1 is 1.21 bits per heavy atom. The quantitative estimate of drug-likeness (QED) is 0.721. The molecular weight excluding hydrogens is 174 g/mol. The van der Waals surface area contributed by atoms with Crippen LogP contribution in [0.1, 0.15) is 18.6 Å². The molecule has 0 amide bonds.